The average molecular weight is 458 g/mol. The zero-order chi connectivity index (χ0) is 23.2. The minimum absolute atomic E-state index is 0.0430. The minimum Gasteiger partial charge on any atom is -0.349 e. The van der Waals surface area contributed by atoms with E-state index in [1.54, 1.807) is 17.0 Å². The molecule has 0 radical (unpaired) electrons. The summed E-state index contributed by atoms with van der Waals surface area (Å²) in [7, 11) is 0. The Bertz CT molecular complexity index is 1170. The molecule has 1 aliphatic carbocycles. The molecular weight excluding hydrogens is 440 g/mol. The number of nitrogens with one attached hydrogen (secondary N) is 1. The van der Waals surface area contributed by atoms with Crippen LogP contribution in [0.1, 0.15) is 28.8 Å². The molecular formula is C22H18F4N6O. The van der Waals surface area contributed by atoms with Gasteiger partial charge in [0.2, 0.25) is 5.95 Å². The highest BCUT2D eigenvalue weighted by atomic mass is 19.4. The number of anilines is 1. The summed E-state index contributed by atoms with van der Waals surface area (Å²) >= 11 is 0. The largest absolute Gasteiger partial charge is 0.419 e. The van der Waals surface area contributed by atoms with Gasteiger partial charge in [-0.15, -0.1) is 0 Å². The third kappa shape index (κ3) is 3.98. The van der Waals surface area contributed by atoms with Gasteiger partial charge in [-0.05, 0) is 37.0 Å². The predicted octanol–water partition coefficient (Wildman–Crippen LogP) is 3.81. The molecule has 1 N–H and O–H groups in total. The van der Waals surface area contributed by atoms with Crippen molar-refractivity contribution < 1.29 is 22.4 Å². The second kappa shape index (κ2) is 8.05. The van der Waals surface area contributed by atoms with Crippen LogP contribution in [0, 0.1) is 11.7 Å². The van der Waals surface area contributed by atoms with E-state index in [0.29, 0.717) is 6.54 Å². The lowest BCUT2D eigenvalue weighted by atomic mass is 10.0. The van der Waals surface area contributed by atoms with Crippen LogP contribution >= 0.6 is 0 Å². The highest BCUT2D eigenvalue weighted by molar-refractivity contribution is 6.00. The molecule has 0 spiro atoms. The summed E-state index contributed by atoms with van der Waals surface area (Å²) < 4.78 is 52.9. The number of fused-ring (bicyclic) bond motifs is 2. The second-order valence-electron chi connectivity index (χ2n) is 8.14. The minimum atomic E-state index is -4.51. The number of benzene rings is 1. The molecule has 2 bridgehead atoms. The topological polar surface area (TPSA) is 83.9 Å². The molecule has 170 valence electrons. The number of halogens is 4. The van der Waals surface area contributed by atoms with Crippen molar-refractivity contribution in [2.45, 2.75) is 31.1 Å². The molecule has 5 rings (SSSR count). The van der Waals surface area contributed by atoms with Crippen molar-refractivity contribution in [1.29, 1.82) is 0 Å². The fourth-order valence-electron chi connectivity index (χ4n) is 4.64. The Hall–Kier alpha value is -3.63. The standard InChI is InChI=1S/C22H18F4N6O/c23-15-4-1-3-14(18(15)19-27-5-2-6-28-19)20(33)32-11-12-7-16(17(32)8-12)31-21-29-9-13(10-30-21)22(24,25)26/h1-6,9-10,12,16-17H,7-8,11H2,(H,29,30,31)/t12-,16-,17+/m1/s1. The van der Waals surface area contributed by atoms with Gasteiger partial charge in [-0.1, -0.05) is 6.07 Å². The van der Waals surface area contributed by atoms with E-state index in [1.807, 2.05) is 0 Å². The molecule has 1 amide bonds. The first-order chi connectivity index (χ1) is 15.8. The average Bonchev–Trinajstić information content (AvgIpc) is 3.39. The van der Waals surface area contributed by atoms with E-state index in [-0.39, 0.29) is 46.8 Å². The van der Waals surface area contributed by atoms with Crippen LogP contribution in [0.3, 0.4) is 0 Å². The maximum absolute atomic E-state index is 14.7. The molecule has 7 nitrogen and oxygen atoms in total. The van der Waals surface area contributed by atoms with Crippen molar-refractivity contribution in [3.8, 4) is 11.4 Å². The number of hydrogen-bond donors (Lipinski definition) is 1. The maximum Gasteiger partial charge on any atom is 0.419 e. The number of nitrogens with zero attached hydrogens (tertiary/aromatic N) is 5. The number of likely N-dealkylation sites (tertiary alicyclic amines) is 1. The van der Waals surface area contributed by atoms with E-state index in [0.717, 1.165) is 25.2 Å². The summed E-state index contributed by atoms with van der Waals surface area (Å²) in [5, 5.41) is 3.06. The first kappa shape index (κ1) is 21.2. The highest BCUT2D eigenvalue weighted by Crippen LogP contribution is 2.40. The molecule has 2 fully saturated rings. The van der Waals surface area contributed by atoms with Crippen LogP contribution in [0.4, 0.5) is 23.5 Å². The molecule has 3 heterocycles. The Morgan fingerprint density at radius 3 is 2.42 bits per heavy atom. The van der Waals surface area contributed by atoms with Crippen molar-refractivity contribution >= 4 is 11.9 Å². The molecule has 1 saturated carbocycles. The van der Waals surface area contributed by atoms with Gasteiger partial charge in [0.25, 0.3) is 5.91 Å². The van der Waals surface area contributed by atoms with Crippen molar-refractivity contribution in [3.63, 3.8) is 0 Å². The number of carbonyl (C=O) groups excluding carboxylic acids is 1. The lowest BCUT2D eigenvalue weighted by Crippen LogP contribution is -2.48. The number of amides is 1. The number of carbonyl (C=O) groups is 1. The normalized spacial score (nSPS) is 21.9. The van der Waals surface area contributed by atoms with Gasteiger partial charge < -0.3 is 10.2 Å². The van der Waals surface area contributed by atoms with Crippen LogP contribution in [0.5, 0.6) is 0 Å². The van der Waals surface area contributed by atoms with Crippen LogP contribution in [-0.4, -0.2) is 49.4 Å². The van der Waals surface area contributed by atoms with Gasteiger partial charge in [0.05, 0.1) is 22.7 Å². The van der Waals surface area contributed by atoms with E-state index in [2.05, 4.69) is 25.3 Å². The predicted molar refractivity (Wildman–Crippen MR) is 109 cm³/mol. The Labute approximate surface area is 185 Å². The first-order valence-corrected chi connectivity index (χ1v) is 10.3. The van der Waals surface area contributed by atoms with Crippen LogP contribution in [-0.2, 0) is 6.18 Å². The number of piperidine rings is 1. The summed E-state index contributed by atoms with van der Waals surface area (Å²) in [5.74, 6) is -0.530. The molecule has 33 heavy (non-hydrogen) atoms. The zero-order valence-electron chi connectivity index (χ0n) is 17.1. The monoisotopic (exact) mass is 458 g/mol. The highest BCUT2D eigenvalue weighted by Gasteiger charge is 2.47. The van der Waals surface area contributed by atoms with Crippen molar-refractivity contribution in [1.82, 2.24) is 24.8 Å². The van der Waals surface area contributed by atoms with E-state index in [1.165, 1.54) is 24.5 Å². The molecule has 1 saturated heterocycles. The second-order valence-corrected chi connectivity index (χ2v) is 8.14. The molecule has 1 aromatic carbocycles. The van der Waals surface area contributed by atoms with Gasteiger partial charge in [0.1, 0.15) is 5.82 Å². The van der Waals surface area contributed by atoms with E-state index in [4.69, 9.17) is 0 Å². The Balaban J connectivity index is 1.38. The van der Waals surface area contributed by atoms with Crippen LogP contribution in [0.25, 0.3) is 11.4 Å². The van der Waals surface area contributed by atoms with Gasteiger partial charge in [-0.2, -0.15) is 13.2 Å². The molecule has 2 aromatic heterocycles. The van der Waals surface area contributed by atoms with Gasteiger partial charge in [-0.3, -0.25) is 4.79 Å². The Kier molecular flexibility index (Phi) is 5.18. The van der Waals surface area contributed by atoms with Crippen LogP contribution in [0.2, 0.25) is 0 Å². The fourth-order valence-corrected chi connectivity index (χ4v) is 4.64. The van der Waals surface area contributed by atoms with E-state index >= 15 is 0 Å². The van der Waals surface area contributed by atoms with Gasteiger partial charge in [0.15, 0.2) is 5.82 Å². The van der Waals surface area contributed by atoms with Gasteiger partial charge in [0, 0.05) is 37.4 Å². The summed E-state index contributed by atoms with van der Waals surface area (Å²) in [6, 6.07) is 5.42. The smallest absolute Gasteiger partial charge is 0.349 e. The molecule has 11 heteroatoms. The number of alkyl halides is 3. The molecule has 0 unspecified atom stereocenters. The SMILES string of the molecule is O=C(c1cccc(F)c1-c1ncccn1)N1C[C@@H]2C[C@@H](Nc3ncc(C(F)(F)F)cn3)[C@@H]1C2. The van der Waals surface area contributed by atoms with Crippen molar-refractivity contribution in [2.24, 2.45) is 5.92 Å². The van der Waals surface area contributed by atoms with Crippen LogP contribution in [0.15, 0.2) is 49.1 Å². The third-order valence-electron chi connectivity index (χ3n) is 6.07. The number of aromatic nitrogens is 4. The first-order valence-electron chi connectivity index (χ1n) is 10.3. The van der Waals surface area contributed by atoms with Gasteiger partial charge in [-0.25, -0.2) is 24.3 Å². The van der Waals surface area contributed by atoms with Gasteiger partial charge >= 0.3 is 6.18 Å². The van der Waals surface area contributed by atoms with E-state index < -0.39 is 17.6 Å². The fraction of sp³-hybridized carbons (Fsp3) is 0.318. The Morgan fingerprint density at radius 1 is 1.03 bits per heavy atom. The molecule has 3 aromatic rings. The lowest BCUT2D eigenvalue weighted by Gasteiger charge is -2.34. The van der Waals surface area contributed by atoms with Crippen molar-refractivity contribution in [3.05, 3.63) is 66.0 Å². The molecule has 3 atom stereocenters. The lowest BCUT2D eigenvalue weighted by molar-refractivity contribution is -0.138. The van der Waals surface area contributed by atoms with E-state index in [9.17, 15) is 22.4 Å². The number of hydrogen-bond acceptors (Lipinski definition) is 6. The molecule has 1 aliphatic heterocycles. The van der Waals surface area contributed by atoms with Crippen molar-refractivity contribution in [2.75, 3.05) is 11.9 Å². The summed E-state index contributed by atoms with van der Waals surface area (Å²) in [6.45, 7) is 0.515. The maximum atomic E-state index is 14.7. The molecule has 2 aliphatic rings. The third-order valence-corrected chi connectivity index (χ3v) is 6.07. The zero-order valence-corrected chi connectivity index (χ0v) is 17.1. The summed E-state index contributed by atoms with van der Waals surface area (Å²) in [4.78, 5) is 30.9. The number of rotatable bonds is 4. The summed E-state index contributed by atoms with van der Waals surface area (Å²) in [5.41, 5.74) is -0.723. The van der Waals surface area contributed by atoms with Crippen LogP contribution < -0.4 is 5.32 Å². The quantitative estimate of drug-likeness (QED) is 0.599. The summed E-state index contributed by atoms with van der Waals surface area (Å²) in [6.07, 6.45) is 1.36. The Morgan fingerprint density at radius 2 is 1.76 bits per heavy atom.